The van der Waals surface area contributed by atoms with E-state index in [1.54, 1.807) is 49.1 Å². The smallest absolute Gasteiger partial charge is 0.257 e. The van der Waals surface area contributed by atoms with Crippen molar-refractivity contribution in [1.82, 2.24) is 9.21 Å². The minimum Gasteiger partial charge on any atom is -0.497 e. The van der Waals surface area contributed by atoms with E-state index in [1.165, 1.54) is 11.4 Å². The van der Waals surface area contributed by atoms with Crippen LogP contribution in [0.5, 0.6) is 5.75 Å². The molecule has 29 heavy (non-hydrogen) atoms. The van der Waals surface area contributed by atoms with Crippen LogP contribution in [0.15, 0.2) is 39.6 Å². The lowest BCUT2D eigenvalue weighted by Gasteiger charge is -2.45. The van der Waals surface area contributed by atoms with Gasteiger partial charge in [0.2, 0.25) is 10.0 Å². The number of morpholine rings is 2. The zero-order valence-electron chi connectivity index (χ0n) is 16.6. The van der Waals surface area contributed by atoms with Crippen molar-refractivity contribution in [3.63, 3.8) is 0 Å². The highest BCUT2D eigenvalue weighted by Gasteiger charge is 2.41. The molecule has 2 atom stereocenters. The van der Waals surface area contributed by atoms with E-state index in [0.29, 0.717) is 35.9 Å². The zero-order valence-corrected chi connectivity index (χ0v) is 17.4. The summed E-state index contributed by atoms with van der Waals surface area (Å²) in [6.45, 7) is 4.67. The van der Waals surface area contributed by atoms with Gasteiger partial charge in [-0.25, -0.2) is 8.42 Å². The fourth-order valence-corrected chi connectivity index (χ4v) is 5.43. The predicted molar refractivity (Wildman–Crippen MR) is 104 cm³/mol. The SMILES string of the molecule is COc1ccc(S(=O)(=O)N2CC3CN(C(=O)c4cc(C)oc4C)CC(C2)O3)cc1. The third kappa shape index (κ3) is 3.77. The maximum absolute atomic E-state index is 13.0. The Morgan fingerprint density at radius 1 is 1.07 bits per heavy atom. The standard InChI is InChI=1S/C20H24N2O6S/c1-13-8-19(14(2)27-13)20(23)21-9-16-11-22(12-17(10-21)28-16)29(24,25)18-6-4-15(26-3)5-7-18/h4-8,16-17H,9-12H2,1-3H3. The van der Waals surface area contributed by atoms with Crippen molar-refractivity contribution < 1.29 is 27.1 Å². The molecule has 9 heteroatoms. The summed E-state index contributed by atoms with van der Waals surface area (Å²) in [6.07, 6.45) is -0.736. The van der Waals surface area contributed by atoms with Gasteiger partial charge in [0, 0.05) is 26.2 Å². The number of aryl methyl sites for hydroxylation is 2. The van der Waals surface area contributed by atoms with Crippen LogP contribution in [-0.4, -0.2) is 69.0 Å². The third-order valence-electron chi connectivity index (χ3n) is 5.30. The molecule has 8 nitrogen and oxygen atoms in total. The van der Waals surface area contributed by atoms with E-state index in [1.807, 2.05) is 0 Å². The minimum atomic E-state index is -3.64. The van der Waals surface area contributed by atoms with Crippen molar-refractivity contribution in [2.45, 2.75) is 31.0 Å². The number of rotatable bonds is 4. The van der Waals surface area contributed by atoms with Gasteiger partial charge in [0.1, 0.15) is 17.3 Å². The number of amides is 1. The number of nitrogens with zero attached hydrogens (tertiary/aromatic N) is 2. The van der Waals surface area contributed by atoms with Crippen LogP contribution < -0.4 is 4.74 Å². The number of methoxy groups -OCH3 is 1. The molecule has 2 saturated heterocycles. The second-order valence-corrected chi connectivity index (χ2v) is 9.35. The Kier molecular flexibility index (Phi) is 5.14. The van der Waals surface area contributed by atoms with Gasteiger partial charge < -0.3 is 18.8 Å². The Bertz CT molecular complexity index is 1000. The number of furan rings is 1. The zero-order chi connectivity index (χ0) is 20.8. The summed E-state index contributed by atoms with van der Waals surface area (Å²) in [5.41, 5.74) is 0.546. The first-order chi connectivity index (χ1) is 13.8. The molecule has 0 spiro atoms. The van der Waals surface area contributed by atoms with Crippen molar-refractivity contribution in [2.75, 3.05) is 33.3 Å². The summed E-state index contributed by atoms with van der Waals surface area (Å²) in [5.74, 6) is 1.77. The van der Waals surface area contributed by atoms with E-state index in [-0.39, 0.29) is 36.1 Å². The molecule has 2 aliphatic heterocycles. The molecule has 2 aromatic rings. The van der Waals surface area contributed by atoms with Crippen molar-refractivity contribution in [2.24, 2.45) is 0 Å². The Morgan fingerprint density at radius 2 is 1.69 bits per heavy atom. The minimum absolute atomic E-state index is 0.107. The van der Waals surface area contributed by atoms with Crippen molar-refractivity contribution in [1.29, 1.82) is 0 Å². The van der Waals surface area contributed by atoms with E-state index in [2.05, 4.69) is 0 Å². The van der Waals surface area contributed by atoms with Gasteiger partial charge >= 0.3 is 0 Å². The monoisotopic (exact) mass is 420 g/mol. The lowest BCUT2D eigenvalue weighted by molar-refractivity contribution is -0.113. The van der Waals surface area contributed by atoms with Crippen LogP contribution in [-0.2, 0) is 14.8 Å². The quantitative estimate of drug-likeness (QED) is 0.750. The number of hydrogen-bond acceptors (Lipinski definition) is 6. The molecule has 4 rings (SSSR count). The summed E-state index contributed by atoms with van der Waals surface area (Å²) < 4.78 is 44.0. The molecule has 0 radical (unpaired) electrons. The van der Waals surface area contributed by atoms with E-state index in [9.17, 15) is 13.2 Å². The van der Waals surface area contributed by atoms with Gasteiger partial charge in [-0.15, -0.1) is 0 Å². The molecule has 1 aromatic heterocycles. The molecule has 0 aliphatic carbocycles. The molecule has 2 bridgehead atoms. The molecule has 1 aromatic carbocycles. The molecular formula is C20H24N2O6S. The third-order valence-corrected chi connectivity index (χ3v) is 7.15. The number of fused-ring (bicyclic) bond motifs is 2. The fraction of sp³-hybridized carbons (Fsp3) is 0.450. The number of sulfonamides is 1. The fourth-order valence-electron chi connectivity index (χ4n) is 3.93. The number of carbonyl (C=O) groups is 1. The van der Waals surface area contributed by atoms with E-state index in [4.69, 9.17) is 13.9 Å². The van der Waals surface area contributed by atoms with Crippen LogP contribution in [0.3, 0.4) is 0 Å². The summed E-state index contributed by atoms with van der Waals surface area (Å²) >= 11 is 0. The Labute approximate surface area is 170 Å². The topological polar surface area (TPSA) is 89.3 Å². The maximum Gasteiger partial charge on any atom is 0.257 e. The number of hydrogen-bond donors (Lipinski definition) is 0. The molecule has 0 N–H and O–H groups in total. The highest BCUT2D eigenvalue weighted by Crippen LogP contribution is 2.27. The normalized spacial score (nSPS) is 22.5. The van der Waals surface area contributed by atoms with Crippen molar-refractivity contribution in [3.05, 3.63) is 47.4 Å². The molecule has 156 valence electrons. The van der Waals surface area contributed by atoms with Crippen LogP contribution in [0.25, 0.3) is 0 Å². The molecular weight excluding hydrogens is 396 g/mol. The summed E-state index contributed by atoms with van der Waals surface area (Å²) in [6, 6.07) is 8.08. The van der Waals surface area contributed by atoms with E-state index in [0.717, 1.165) is 0 Å². The first-order valence-corrected chi connectivity index (χ1v) is 10.9. The maximum atomic E-state index is 13.0. The summed E-state index contributed by atoms with van der Waals surface area (Å²) in [7, 11) is -2.11. The Balaban J connectivity index is 1.49. The molecule has 2 unspecified atom stereocenters. The van der Waals surface area contributed by atoms with Gasteiger partial charge in [0.05, 0.1) is 29.8 Å². The molecule has 1 amide bonds. The van der Waals surface area contributed by atoms with Crippen LogP contribution in [0.1, 0.15) is 21.9 Å². The summed E-state index contributed by atoms with van der Waals surface area (Å²) in [4.78, 5) is 14.8. The second-order valence-electron chi connectivity index (χ2n) is 7.41. The molecule has 0 saturated carbocycles. The van der Waals surface area contributed by atoms with Crippen LogP contribution in [0, 0.1) is 13.8 Å². The second kappa shape index (κ2) is 7.47. The first-order valence-electron chi connectivity index (χ1n) is 9.44. The Hall–Kier alpha value is -2.36. The van der Waals surface area contributed by atoms with Gasteiger partial charge in [-0.3, -0.25) is 4.79 Å². The lowest BCUT2D eigenvalue weighted by Crippen LogP contribution is -2.61. The Morgan fingerprint density at radius 3 is 2.21 bits per heavy atom. The van der Waals surface area contributed by atoms with Gasteiger partial charge in [-0.2, -0.15) is 4.31 Å². The van der Waals surface area contributed by atoms with Gasteiger partial charge in [0.25, 0.3) is 5.91 Å². The number of carbonyl (C=O) groups excluding carboxylic acids is 1. The average molecular weight is 420 g/mol. The van der Waals surface area contributed by atoms with Crippen molar-refractivity contribution >= 4 is 15.9 Å². The average Bonchev–Trinajstić information content (AvgIpc) is 3.04. The van der Waals surface area contributed by atoms with Crippen LogP contribution in [0.4, 0.5) is 0 Å². The van der Waals surface area contributed by atoms with Crippen LogP contribution in [0.2, 0.25) is 0 Å². The highest BCUT2D eigenvalue weighted by molar-refractivity contribution is 7.89. The summed E-state index contributed by atoms with van der Waals surface area (Å²) in [5, 5.41) is 0. The van der Waals surface area contributed by atoms with Crippen molar-refractivity contribution in [3.8, 4) is 5.75 Å². The largest absolute Gasteiger partial charge is 0.497 e. The van der Waals surface area contributed by atoms with Crippen LogP contribution >= 0.6 is 0 Å². The van der Waals surface area contributed by atoms with Gasteiger partial charge in [0.15, 0.2) is 0 Å². The molecule has 2 fully saturated rings. The number of benzene rings is 1. The number of ether oxygens (including phenoxy) is 2. The van der Waals surface area contributed by atoms with E-state index < -0.39 is 10.0 Å². The van der Waals surface area contributed by atoms with E-state index >= 15 is 0 Å². The first kappa shape index (κ1) is 19.9. The molecule has 2 aliphatic rings. The highest BCUT2D eigenvalue weighted by atomic mass is 32.2. The van der Waals surface area contributed by atoms with Gasteiger partial charge in [-0.1, -0.05) is 0 Å². The van der Waals surface area contributed by atoms with Gasteiger partial charge in [-0.05, 0) is 44.2 Å². The predicted octanol–water partition coefficient (Wildman–Crippen LogP) is 1.82. The molecule has 3 heterocycles. The lowest BCUT2D eigenvalue weighted by atomic mass is 10.1.